The molecule has 0 saturated heterocycles. The number of aromatic carboxylic acids is 1. The molecule has 98 valence electrons. The maximum Gasteiger partial charge on any atom is 0.358 e. The van der Waals surface area contributed by atoms with Crippen LogP contribution in [0.4, 0.5) is 5.82 Å². The van der Waals surface area contributed by atoms with E-state index in [4.69, 9.17) is 28.3 Å². The molecule has 0 spiro atoms. The van der Waals surface area contributed by atoms with E-state index in [0.717, 1.165) is 11.3 Å². The van der Waals surface area contributed by atoms with Crippen molar-refractivity contribution in [2.45, 2.75) is 0 Å². The first kappa shape index (κ1) is 13.7. The number of hydrogen-bond acceptors (Lipinski definition) is 5. The maximum atomic E-state index is 11.9. The van der Waals surface area contributed by atoms with Crippen LogP contribution < -0.4 is 5.32 Å². The van der Waals surface area contributed by atoms with Crippen LogP contribution in [0.15, 0.2) is 18.5 Å². The highest BCUT2D eigenvalue weighted by molar-refractivity contribution is 7.20. The van der Waals surface area contributed by atoms with E-state index in [0.29, 0.717) is 4.34 Å². The van der Waals surface area contributed by atoms with Crippen molar-refractivity contribution < 1.29 is 14.7 Å². The Bertz CT molecular complexity index is 659. The monoisotopic (exact) mass is 317 g/mol. The second-order valence-electron chi connectivity index (χ2n) is 3.25. The Morgan fingerprint density at radius 1 is 1.26 bits per heavy atom. The van der Waals surface area contributed by atoms with Gasteiger partial charge in [-0.3, -0.25) is 4.79 Å². The zero-order valence-electron chi connectivity index (χ0n) is 9.05. The lowest BCUT2D eigenvalue weighted by Crippen LogP contribution is -2.16. The van der Waals surface area contributed by atoms with E-state index in [1.54, 1.807) is 0 Å². The first-order valence-electron chi connectivity index (χ1n) is 4.79. The highest BCUT2D eigenvalue weighted by Crippen LogP contribution is 2.31. The number of rotatable bonds is 3. The predicted molar refractivity (Wildman–Crippen MR) is 71.3 cm³/mol. The molecule has 0 aliphatic heterocycles. The molecule has 6 nitrogen and oxygen atoms in total. The number of thiophene rings is 1. The molecule has 0 bridgehead atoms. The first-order chi connectivity index (χ1) is 8.99. The summed E-state index contributed by atoms with van der Waals surface area (Å²) in [7, 11) is 0. The lowest BCUT2D eigenvalue weighted by atomic mass is 10.3. The molecule has 0 aliphatic carbocycles. The number of carboxylic acid groups (broad SMARTS) is 1. The second-order valence-corrected chi connectivity index (χ2v) is 5.54. The maximum absolute atomic E-state index is 11.9. The first-order valence-corrected chi connectivity index (χ1v) is 6.36. The molecule has 2 heterocycles. The Labute approximate surface area is 121 Å². The zero-order chi connectivity index (χ0) is 14.0. The molecule has 1 amide bonds. The largest absolute Gasteiger partial charge is 0.476 e. The standard InChI is InChI=1S/C10H5Cl2N3O3S/c11-5-3-4(7(12)19-5)9(16)15-8-6(10(17)18)13-1-2-14-8/h1-3H,(H,17,18)(H,14,15,16). The van der Waals surface area contributed by atoms with E-state index in [9.17, 15) is 9.59 Å². The molecule has 0 saturated carbocycles. The van der Waals surface area contributed by atoms with Crippen LogP contribution in [-0.4, -0.2) is 27.0 Å². The third-order valence-corrected chi connectivity index (χ3v) is 3.52. The number of carboxylic acids is 1. The number of nitrogens with zero attached hydrogens (tertiary/aromatic N) is 2. The lowest BCUT2D eigenvalue weighted by Gasteiger charge is -2.05. The third-order valence-electron chi connectivity index (χ3n) is 2.03. The minimum Gasteiger partial charge on any atom is -0.476 e. The van der Waals surface area contributed by atoms with Gasteiger partial charge in [-0.25, -0.2) is 14.8 Å². The summed E-state index contributed by atoms with van der Waals surface area (Å²) in [5, 5.41) is 11.2. The van der Waals surface area contributed by atoms with Gasteiger partial charge in [0.05, 0.1) is 9.90 Å². The fourth-order valence-corrected chi connectivity index (χ4v) is 2.71. The highest BCUT2D eigenvalue weighted by Gasteiger charge is 2.19. The van der Waals surface area contributed by atoms with E-state index in [1.807, 2.05) is 0 Å². The molecule has 9 heteroatoms. The minimum absolute atomic E-state index is 0.152. The van der Waals surface area contributed by atoms with Crippen molar-refractivity contribution in [2.24, 2.45) is 0 Å². The van der Waals surface area contributed by atoms with E-state index < -0.39 is 11.9 Å². The highest BCUT2D eigenvalue weighted by atomic mass is 35.5. The summed E-state index contributed by atoms with van der Waals surface area (Å²) in [5.74, 6) is -2.05. The SMILES string of the molecule is O=C(Nc1nccnc1C(=O)O)c1cc(Cl)sc1Cl. The molecule has 19 heavy (non-hydrogen) atoms. The molecule has 0 atom stereocenters. The summed E-state index contributed by atoms with van der Waals surface area (Å²) in [6.45, 7) is 0. The number of carbonyl (C=O) groups excluding carboxylic acids is 1. The summed E-state index contributed by atoms with van der Waals surface area (Å²) < 4.78 is 0.566. The van der Waals surface area contributed by atoms with Crippen molar-refractivity contribution in [2.75, 3.05) is 5.32 Å². The normalized spacial score (nSPS) is 10.2. The molecule has 2 aromatic heterocycles. The summed E-state index contributed by atoms with van der Waals surface area (Å²) in [5.41, 5.74) is -0.202. The van der Waals surface area contributed by atoms with Crippen molar-refractivity contribution in [3.8, 4) is 0 Å². The minimum atomic E-state index is -1.29. The number of anilines is 1. The lowest BCUT2D eigenvalue weighted by molar-refractivity contribution is 0.0691. The zero-order valence-corrected chi connectivity index (χ0v) is 11.4. The van der Waals surface area contributed by atoms with E-state index in [-0.39, 0.29) is 21.4 Å². The molecule has 0 aliphatic rings. The van der Waals surface area contributed by atoms with Crippen LogP contribution in [0.5, 0.6) is 0 Å². The average molecular weight is 318 g/mol. The van der Waals surface area contributed by atoms with Gasteiger partial charge < -0.3 is 10.4 Å². The molecule has 0 aromatic carbocycles. The van der Waals surface area contributed by atoms with Gasteiger partial charge in [-0.15, -0.1) is 11.3 Å². The molecule has 2 aromatic rings. The molecule has 0 radical (unpaired) electrons. The van der Waals surface area contributed by atoms with Gasteiger partial charge in [0.15, 0.2) is 11.5 Å². The van der Waals surface area contributed by atoms with Crippen molar-refractivity contribution in [3.05, 3.63) is 38.4 Å². The van der Waals surface area contributed by atoms with Crippen molar-refractivity contribution >= 4 is 52.2 Å². The molecular formula is C10H5Cl2N3O3S. The summed E-state index contributed by atoms with van der Waals surface area (Å²) in [6.07, 6.45) is 2.48. The van der Waals surface area contributed by atoms with E-state index in [1.165, 1.54) is 18.5 Å². The molecule has 0 unspecified atom stereocenters. The molecule has 0 fully saturated rings. The number of nitrogens with one attached hydrogen (secondary N) is 1. The van der Waals surface area contributed by atoms with Crippen molar-refractivity contribution in [1.82, 2.24) is 9.97 Å². The number of aromatic nitrogens is 2. The van der Waals surface area contributed by atoms with Gasteiger partial charge in [-0.05, 0) is 6.07 Å². The Morgan fingerprint density at radius 3 is 2.53 bits per heavy atom. The number of amides is 1. The van der Waals surface area contributed by atoms with Crippen molar-refractivity contribution in [1.29, 1.82) is 0 Å². The van der Waals surface area contributed by atoms with Crippen LogP contribution in [0.25, 0.3) is 0 Å². The van der Waals surface area contributed by atoms with Crippen molar-refractivity contribution in [3.63, 3.8) is 0 Å². The quantitative estimate of drug-likeness (QED) is 0.908. The van der Waals surface area contributed by atoms with Gasteiger partial charge >= 0.3 is 5.97 Å². The van der Waals surface area contributed by atoms with Gasteiger partial charge in [0.2, 0.25) is 0 Å². The third kappa shape index (κ3) is 3.01. The topological polar surface area (TPSA) is 92.2 Å². The Morgan fingerprint density at radius 2 is 1.95 bits per heavy atom. The summed E-state index contributed by atoms with van der Waals surface area (Å²) >= 11 is 12.6. The van der Waals surface area contributed by atoms with Crippen LogP contribution in [0, 0.1) is 0 Å². The van der Waals surface area contributed by atoms with Gasteiger partial charge in [-0.1, -0.05) is 23.2 Å². The fraction of sp³-hybridized carbons (Fsp3) is 0. The Kier molecular flexibility index (Phi) is 3.98. The van der Waals surface area contributed by atoms with E-state index in [2.05, 4.69) is 15.3 Å². The van der Waals surface area contributed by atoms with Gasteiger partial charge in [0, 0.05) is 12.4 Å². The van der Waals surface area contributed by atoms with Crippen LogP contribution in [0.3, 0.4) is 0 Å². The van der Waals surface area contributed by atoms with Gasteiger partial charge in [-0.2, -0.15) is 0 Å². The number of carbonyl (C=O) groups is 2. The average Bonchev–Trinajstić information content (AvgIpc) is 2.69. The van der Waals surface area contributed by atoms with Crippen LogP contribution in [0.1, 0.15) is 20.8 Å². The van der Waals surface area contributed by atoms with Gasteiger partial charge in [0.25, 0.3) is 5.91 Å². The number of halogens is 2. The summed E-state index contributed by atoms with van der Waals surface area (Å²) in [4.78, 5) is 30.2. The number of hydrogen-bond donors (Lipinski definition) is 2. The molecule has 2 N–H and O–H groups in total. The predicted octanol–water partition coefficient (Wildman–Crippen LogP) is 2.80. The van der Waals surface area contributed by atoms with Gasteiger partial charge in [0.1, 0.15) is 4.34 Å². The smallest absolute Gasteiger partial charge is 0.358 e. The van der Waals surface area contributed by atoms with Crippen LogP contribution >= 0.6 is 34.5 Å². The van der Waals surface area contributed by atoms with E-state index >= 15 is 0 Å². The Balaban J connectivity index is 2.29. The second kappa shape index (κ2) is 5.52. The van der Waals surface area contributed by atoms with Crippen LogP contribution in [0.2, 0.25) is 8.67 Å². The molecule has 2 rings (SSSR count). The van der Waals surface area contributed by atoms with Crippen LogP contribution in [-0.2, 0) is 0 Å². The Hall–Kier alpha value is -1.70. The fourth-order valence-electron chi connectivity index (χ4n) is 1.26. The molecular weight excluding hydrogens is 313 g/mol. The summed E-state index contributed by atoms with van der Waals surface area (Å²) in [6, 6.07) is 1.39.